The molecule has 1 atom stereocenters. The Bertz CT molecular complexity index is 815. The van der Waals surface area contributed by atoms with Crippen LogP contribution in [0.2, 0.25) is 0 Å². The Labute approximate surface area is 142 Å². The molecule has 0 bridgehead atoms. The number of imide groups is 1. The van der Waals surface area contributed by atoms with Crippen molar-refractivity contribution in [3.8, 4) is 0 Å². The lowest BCUT2D eigenvalue weighted by Gasteiger charge is -2.14. The van der Waals surface area contributed by atoms with Crippen molar-refractivity contribution in [3.05, 3.63) is 23.2 Å². The van der Waals surface area contributed by atoms with Crippen LogP contribution in [0.1, 0.15) is 37.6 Å². The summed E-state index contributed by atoms with van der Waals surface area (Å²) in [4.78, 5) is 39.7. The van der Waals surface area contributed by atoms with Gasteiger partial charge in [0.25, 0.3) is 0 Å². The van der Waals surface area contributed by atoms with Crippen molar-refractivity contribution in [2.24, 2.45) is 0 Å². The van der Waals surface area contributed by atoms with E-state index in [1.54, 1.807) is 17.4 Å². The predicted molar refractivity (Wildman–Crippen MR) is 92.0 cm³/mol. The van der Waals surface area contributed by atoms with Gasteiger partial charge in [0.15, 0.2) is 0 Å². The van der Waals surface area contributed by atoms with Crippen LogP contribution in [0.3, 0.4) is 0 Å². The van der Waals surface area contributed by atoms with E-state index >= 15 is 0 Å². The Hall–Kier alpha value is -2.48. The number of anilines is 1. The molecule has 0 unspecified atom stereocenters. The van der Waals surface area contributed by atoms with Crippen molar-refractivity contribution in [3.63, 3.8) is 0 Å². The van der Waals surface area contributed by atoms with E-state index in [0.717, 1.165) is 15.2 Å². The van der Waals surface area contributed by atoms with Crippen LogP contribution in [0.15, 0.2) is 18.2 Å². The van der Waals surface area contributed by atoms with Gasteiger partial charge in [0.2, 0.25) is 11.8 Å². The molecule has 0 aliphatic carbocycles. The zero-order chi connectivity index (χ0) is 17.3. The number of nitrogens with one attached hydrogen (secondary N) is 3. The third-order valence-electron chi connectivity index (χ3n) is 3.70. The summed E-state index contributed by atoms with van der Waals surface area (Å²) in [5.74, 6) is -0.366. The van der Waals surface area contributed by atoms with Crippen LogP contribution in [0.25, 0.3) is 10.2 Å². The maximum Gasteiger partial charge on any atom is 0.322 e. The number of carbonyl (C=O) groups is 3. The number of hydrogen-bond acceptors (Lipinski definition) is 5. The molecule has 1 aromatic heterocycles. The number of hydrogen-bond donors (Lipinski definition) is 3. The van der Waals surface area contributed by atoms with Gasteiger partial charge in [-0.25, -0.2) is 9.78 Å². The van der Waals surface area contributed by atoms with Crippen LogP contribution >= 0.6 is 11.3 Å². The molecular weight excluding hydrogens is 328 g/mol. The van der Waals surface area contributed by atoms with E-state index in [9.17, 15) is 14.4 Å². The van der Waals surface area contributed by atoms with Crippen LogP contribution in [-0.4, -0.2) is 28.9 Å². The third kappa shape index (κ3) is 3.53. The topological polar surface area (TPSA) is 100 Å². The number of carbonyl (C=O) groups excluding carboxylic acids is 3. The number of urea groups is 1. The number of rotatable bonds is 3. The summed E-state index contributed by atoms with van der Waals surface area (Å²) >= 11 is 1.60. The van der Waals surface area contributed by atoms with E-state index in [-0.39, 0.29) is 24.7 Å². The molecule has 2 aromatic rings. The van der Waals surface area contributed by atoms with Gasteiger partial charge in [0, 0.05) is 18.0 Å². The van der Waals surface area contributed by atoms with Crippen molar-refractivity contribution in [1.29, 1.82) is 0 Å². The highest BCUT2D eigenvalue weighted by molar-refractivity contribution is 7.18. The van der Waals surface area contributed by atoms with Gasteiger partial charge in [0.1, 0.15) is 6.04 Å². The summed E-state index contributed by atoms with van der Waals surface area (Å²) in [6, 6.07) is 4.14. The molecule has 0 spiro atoms. The molecule has 7 nitrogen and oxygen atoms in total. The van der Waals surface area contributed by atoms with Crippen molar-refractivity contribution < 1.29 is 14.4 Å². The average Bonchev–Trinajstić information content (AvgIpc) is 2.86. The molecule has 1 aromatic carbocycles. The zero-order valence-electron chi connectivity index (χ0n) is 13.4. The standard InChI is InChI=1S/C16H18N4O3S/c1-8(2)15-18-10-4-3-9(7-12(10)24-15)17-14(22)11-5-6-13(21)20-16(23)19-11/h3-4,7-8,11H,5-6H2,1-2H3,(H,17,22)(H2,19,20,21,23)/t11-/m1/s1. The number of aromatic nitrogens is 1. The molecule has 0 radical (unpaired) electrons. The third-order valence-corrected chi connectivity index (χ3v) is 5.02. The summed E-state index contributed by atoms with van der Waals surface area (Å²) < 4.78 is 0.998. The first-order valence-electron chi connectivity index (χ1n) is 7.74. The Morgan fingerprint density at radius 1 is 1.38 bits per heavy atom. The second-order valence-electron chi connectivity index (χ2n) is 5.99. The van der Waals surface area contributed by atoms with Gasteiger partial charge in [0.05, 0.1) is 15.2 Å². The monoisotopic (exact) mass is 346 g/mol. The highest BCUT2D eigenvalue weighted by Gasteiger charge is 2.26. The maximum absolute atomic E-state index is 12.3. The highest BCUT2D eigenvalue weighted by atomic mass is 32.1. The molecule has 3 N–H and O–H groups in total. The molecule has 1 aliphatic heterocycles. The van der Waals surface area contributed by atoms with Gasteiger partial charge in [-0.15, -0.1) is 11.3 Å². The molecule has 8 heteroatoms. The normalized spacial score (nSPS) is 18.2. The van der Waals surface area contributed by atoms with Crippen LogP contribution in [0.4, 0.5) is 10.5 Å². The minimum absolute atomic E-state index is 0.127. The van der Waals surface area contributed by atoms with E-state index in [1.807, 2.05) is 12.1 Å². The lowest BCUT2D eigenvalue weighted by Crippen LogP contribution is -2.45. The largest absolute Gasteiger partial charge is 0.326 e. The highest BCUT2D eigenvalue weighted by Crippen LogP contribution is 2.29. The van der Waals surface area contributed by atoms with Crippen molar-refractivity contribution in [1.82, 2.24) is 15.6 Å². The molecule has 1 saturated heterocycles. The minimum atomic E-state index is -0.736. The second kappa shape index (κ2) is 6.56. The average molecular weight is 346 g/mol. The smallest absolute Gasteiger partial charge is 0.322 e. The first kappa shape index (κ1) is 16.4. The van der Waals surface area contributed by atoms with E-state index in [2.05, 4.69) is 34.8 Å². The lowest BCUT2D eigenvalue weighted by molar-refractivity contribution is -0.120. The van der Waals surface area contributed by atoms with Crippen molar-refractivity contribution in [2.45, 2.75) is 38.6 Å². The Morgan fingerprint density at radius 3 is 2.92 bits per heavy atom. The van der Waals surface area contributed by atoms with Crippen molar-refractivity contribution in [2.75, 3.05) is 5.32 Å². The quantitative estimate of drug-likeness (QED) is 0.794. The summed E-state index contributed by atoms with van der Waals surface area (Å²) in [5.41, 5.74) is 1.54. The maximum atomic E-state index is 12.3. The Balaban J connectivity index is 1.75. The summed E-state index contributed by atoms with van der Waals surface area (Å²) in [5, 5.41) is 8.49. The number of amides is 4. The lowest BCUT2D eigenvalue weighted by atomic mass is 10.1. The van der Waals surface area contributed by atoms with Gasteiger partial charge in [-0.1, -0.05) is 13.8 Å². The van der Waals surface area contributed by atoms with Crippen LogP contribution in [0.5, 0.6) is 0 Å². The number of benzene rings is 1. The molecule has 3 rings (SSSR count). The fourth-order valence-electron chi connectivity index (χ4n) is 2.42. The van der Waals surface area contributed by atoms with Gasteiger partial charge >= 0.3 is 6.03 Å². The van der Waals surface area contributed by atoms with Crippen LogP contribution < -0.4 is 16.0 Å². The molecule has 0 saturated carbocycles. The Morgan fingerprint density at radius 2 is 2.17 bits per heavy atom. The van der Waals surface area contributed by atoms with Gasteiger partial charge in [-0.3, -0.25) is 14.9 Å². The molecule has 1 aliphatic rings. The van der Waals surface area contributed by atoms with Crippen LogP contribution in [0, 0.1) is 0 Å². The molecule has 126 valence electrons. The summed E-state index contributed by atoms with van der Waals surface area (Å²) in [6.45, 7) is 4.18. The van der Waals surface area contributed by atoms with Crippen LogP contribution in [-0.2, 0) is 9.59 Å². The second-order valence-corrected chi connectivity index (χ2v) is 7.05. The fourth-order valence-corrected chi connectivity index (χ4v) is 3.43. The van der Waals surface area contributed by atoms with Gasteiger partial charge in [-0.05, 0) is 24.6 Å². The Kier molecular flexibility index (Phi) is 4.48. The zero-order valence-corrected chi connectivity index (χ0v) is 14.2. The first-order valence-corrected chi connectivity index (χ1v) is 8.55. The SMILES string of the molecule is CC(C)c1nc2ccc(NC(=O)[C@H]3CCC(=O)NC(=O)N3)cc2s1. The molecule has 24 heavy (non-hydrogen) atoms. The van der Waals surface area contributed by atoms with E-state index < -0.39 is 12.1 Å². The predicted octanol–water partition coefficient (Wildman–Crippen LogP) is 2.35. The summed E-state index contributed by atoms with van der Waals surface area (Å²) in [7, 11) is 0. The summed E-state index contributed by atoms with van der Waals surface area (Å²) in [6.07, 6.45) is 0.395. The van der Waals surface area contributed by atoms with E-state index in [0.29, 0.717) is 11.6 Å². The molecule has 2 heterocycles. The number of fused-ring (bicyclic) bond motifs is 1. The molecule has 4 amide bonds. The molecular formula is C16H18N4O3S. The fraction of sp³-hybridized carbons (Fsp3) is 0.375. The van der Waals surface area contributed by atoms with E-state index in [4.69, 9.17) is 0 Å². The van der Waals surface area contributed by atoms with E-state index in [1.165, 1.54) is 0 Å². The first-order chi connectivity index (χ1) is 11.4. The molecule has 1 fully saturated rings. The minimum Gasteiger partial charge on any atom is -0.326 e. The number of thiazole rings is 1. The van der Waals surface area contributed by atoms with Gasteiger partial charge < -0.3 is 10.6 Å². The number of nitrogens with zero attached hydrogens (tertiary/aromatic N) is 1. The van der Waals surface area contributed by atoms with Gasteiger partial charge in [-0.2, -0.15) is 0 Å². The van der Waals surface area contributed by atoms with Crippen molar-refractivity contribution >= 4 is 45.1 Å².